The van der Waals surface area contributed by atoms with Crippen molar-refractivity contribution in [1.82, 2.24) is 4.90 Å². The number of ether oxygens (including phenoxy) is 2. The van der Waals surface area contributed by atoms with Gasteiger partial charge < -0.3 is 14.6 Å². The number of amides is 5. The van der Waals surface area contributed by atoms with Crippen LogP contribution in [0.1, 0.15) is 24.3 Å². The number of anilines is 1. The van der Waals surface area contributed by atoms with Crippen molar-refractivity contribution in [2.24, 2.45) is 17.8 Å². The number of imide groups is 4. The summed E-state index contributed by atoms with van der Waals surface area (Å²) < 4.78 is 82.4. The second kappa shape index (κ2) is 10.4. The van der Waals surface area contributed by atoms with Gasteiger partial charge in [0, 0.05) is 5.92 Å². The van der Waals surface area contributed by atoms with Crippen LogP contribution < -0.4 is 9.64 Å². The van der Waals surface area contributed by atoms with Crippen LogP contribution >= 0.6 is 23.2 Å². The number of phenols is 1. The summed E-state index contributed by atoms with van der Waals surface area (Å²) in [6.45, 7) is 0. The number of benzene rings is 2. The number of rotatable bonds is 3. The number of fused-ring (bicyclic) bond motifs is 4. The molecule has 6 atom stereocenters. The van der Waals surface area contributed by atoms with Crippen LogP contribution in [0.2, 0.25) is 0 Å². The van der Waals surface area contributed by atoms with E-state index >= 15 is 8.78 Å². The molecule has 6 rings (SSSR count). The van der Waals surface area contributed by atoms with Gasteiger partial charge in [-0.1, -0.05) is 17.7 Å². The third-order valence-corrected chi connectivity index (χ3v) is 10.5. The Bertz CT molecular complexity index is 1810. The molecule has 17 heteroatoms. The van der Waals surface area contributed by atoms with Gasteiger partial charge in [0.25, 0.3) is 11.8 Å². The van der Waals surface area contributed by atoms with Crippen LogP contribution in [-0.4, -0.2) is 63.7 Å². The van der Waals surface area contributed by atoms with E-state index in [-0.39, 0.29) is 38.9 Å². The Labute approximate surface area is 265 Å². The van der Waals surface area contributed by atoms with Gasteiger partial charge in [0.2, 0.25) is 17.6 Å². The van der Waals surface area contributed by atoms with E-state index in [0.717, 1.165) is 13.2 Å². The Kier molecular flexibility index (Phi) is 7.17. The molecule has 0 bridgehead atoms. The predicted molar refractivity (Wildman–Crippen MR) is 145 cm³/mol. The first-order valence-electron chi connectivity index (χ1n) is 13.4. The molecule has 0 unspecified atom stereocenters. The fourth-order valence-corrected chi connectivity index (χ4v) is 8.02. The van der Waals surface area contributed by atoms with Gasteiger partial charge in [-0.3, -0.25) is 19.2 Å². The SMILES string of the molecule is COC(=O)N1C(=O)[C@H]2[C@H](CC=C3[C@H]2C[C@@]2(Cl)C(=O)N(c4c(F)c(F)c(F)c(F)c4F)C(=O)[C@@]2(Cl)[C@H]3c2ccc(O)c(OC)c2)C1=O. The standard InChI is InChI=1S/C29H19Cl2F5N2O8/c1-45-14-7-9(3-6-13(14)39)16-10-4-5-11-15(24(41)38(23(11)40)27(44)46-2)12(10)8-28(30)25(42)37(26(43)29(16,28)31)22-20(35)18(33)17(32)19(34)21(22)36/h3-4,6-7,11-12,15-16,39H,5,8H2,1-2H3/t11-,12+,15-,16-,28+,29-/m0/s1. The normalized spacial score (nSPS) is 30.2. The highest BCUT2D eigenvalue weighted by Gasteiger charge is 2.77. The van der Waals surface area contributed by atoms with Crippen molar-refractivity contribution in [2.75, 3.05) is 19.1 Å². The molecule has 2 heterocycles. The summed E-state index contributed by atoms with van der Waals surface area (Å²) in [4.78, 5) is 61.8. The number of aromatic hydroxyl groups is 1. The molecule has 1 N–H and O–H groups in total. The zero-order chi connectivity index (χ0) is 33.8. The van der Waals surface area contributed by atoms with E-state index in [1.807, 2.05) is 0 Å². The average molecular weight is 689 g/mol. The molecule has 1 saturated carbocycles. The van der Waals surface area contributed by atoms with Crippen LogP contribution in [-0.2, 0) is 23.9 Å². The summed E-state index contributed by atoms with van der Waals surface area (Å²) in [6, 6.07) is 3.59. The molecule has 2 aromatic rings. The van der Waals surface area contributed by atoms with Crippen molar-refractivity contribution in [3.63, 3.8) is 0 Å². The van der Waals surface area contributed by atoms with Gasteiger partial charge in [-0.25, -0.2) is 31.6 Å². The molecule has 46 heavy (non-hydrogen) atoms. The van der Waals surface area contributed by atoms with E-state index in [0.29, 0.717) is 0 Å². The second-order valence-corrected chi connectivity index (χ2v) is 12.3. The second-order valence-electron chi connectivity index (χ2n) is 11.1. The van der Waals surface area contributed by atoms with Crippen molar-refractivity contribution < 1.29 is 60.5 Å². The number of phenolic OH excluding ortho intramolecular Hbond substituents is 1. The maximum Gasteiger partial charge on any atom is 0.423 e. The summed E-state index contributed by atoms with van der Waals surface area (Å²) in [5.41, 5.74) is -1.75. The van der Waals surface area contributed by atoms with E-state index in [1.165, 1.54) is 25.3 Å². The number of halogens is 7. The average Bonchev–Trinajstić information content (AvgIpc) is 3.37. The van der Waals surface area contributed by atoms with Gasteiger partial charge in [-0.05, 0) is 36.5 Å². The number of carbonyl (C=O) groups is 5. The van der Waals surface area contributed by atoms with E-state index in [2.05, 4.69) is 4.74 Å². The Morgan fingerprint density at radius 3 is 2.11 bits per heavy atom. The van der Waals surface area contributed by atoms with Gasteiger partial charge in [-0.15, -0.1) is 23.2 Å². The number of likely N-dealkylation sites (tertiary alicyclic amines) is 1. The lowest BCUT2D eigenvalue weighted by Crippen LogP contribution is -2.60. The largest absolute Gasteiger partial charge is 0.504 e. The van der Waals surface area contributed by atoms with Gasteiger partial charge in [0.05, 0.1) is 26.1 Å². The van der Waals surface area contributed by atoms with Crippen molar-refractivity contribution in [3.05, 3.63) is 64.5 Å². The van der Waals surface area contributed by atoms with Crippen molar-refractivity contribution in [3.8, 4) is 11.5 Å². The Hall–Kier alpha value is -4.24. The highest BCUT2D eigenvalue weighted by molar-refractivity contribution is 6.58. The van der Waals surface area contributed by atoms with Crippen LogP contribution in [0.25, 0.3) is 0 Å². The Morgan fingerprint density at radius 2 is 1.52 bits per heavy atom. The van der Waals surface area contributed by atoms with E-state index in [4.69, 9.17) is 27.9 Å². The lowest BCUT2D eigenvalue weighted by atomic mass is 9.56. The van der Waals surface area contributed by atoms with Crippen LogP contribution in [0, 0.1) is 46.8 Å². The van der Waals surface area contributed by atoms with Gasteiger partial charge in [-0.2, -0.15) is 4.90 Å². The molecule has 242 valence electrons. The fourth-order valence-electron chi connectivity index (χ4n) is 7.09. The number of hydrogen-bond donors (Lipinski definition) is 1. The number of nitrogens with zero attached hydrogens (tertiary/aromatic N) is 2. The van der Waals surface area contributed by atoms with E-state index in [9.17, 15) is 42.3 Å². The molecular formula is C29H19Cl2F5N2O8. The molecule has 2 aromatic carbocycles. The number of methoxy groups -OCH3 is 2. The van der Waals surface area contributed by atoms with Crippen LogP contribution in [0.3, 0.4) is 0 Å². The number of allylic oxidation sites excluding steroid dienone is 2. The maximum atomic E-state index is 15.1. The first-order valence-corrected chi connectivity index (χ1v) is 14.1. The summed E-state index contributed by atoms with van der Waals surface area (Å²) in [5, 5.41) is 10.2. The van der Waals surface area contributed by atoms with Crippen molar-refractivity contribution in [2.45, 2.75) is 28.5 Å². The Morgan fingerprint density at radius 1 is 0.913 bits per heavy atom. The molecule has 2 saturated heterocycles. The zero-order valence-corrected chi connectivity index (χ0v) is 24.9. The van der Waals surface area contributed by atoms with Crippen LogP contribution in [0.5, 0.6) is 11.5 Å². The summed E-state index contributed by atoms with van der Waals surface area (Å²) in [5.74, 6) is -23.6. The lowest BCUT2D eigenvalue weighted by molar-refractivity contribution is -0.138. The predicted octanol–water partition coefficient (Wildman–Crippen LogP) is 4.43. The Balaban J connectivity index is 1.60. The number of alkyl halides is 2. The minimum atomic E-state index is -2.75. The highest BCUT2D eigenvalue weighted by atomic mass is 35.5. The fraction of sp³-hybridized carbons (Fsp3) is 0.345. The summed E-state index contributed by atoms with van der Waals surface area (Å²) in [7, 11) is 2.13. The number of carbonyl (C=O) groups excluding carboxylic acids is 5. The summed E-state index contributed by atoms with van der Waals surface area (Å²) >= 11 is 14.0. The third kappa shape index (κ3) is 3.78. The molecule has 0 radical (unpaired) electrons. The van der Waals surface area contributed by atoms with E-state index in [1.54, 1.807) is 0 Å². The number of hydrogen-bond acceptors (Lipinski definition) is 8. The molecule has 10 nitrogen and oxygen atoms in total. The maximum absolute atomic E-state index is 15.1. The quantitative estimate of drug-likeness (QED) is 0.125. The lowest BCUT2D eigenvalue weighted by Gasteiger charge is -2.50. The minimum absolute atomic E-state index is 0.0195. The minimum Gasteiger partial charge on any atom is -0.504 e. The highest BCUT2D eigenvalue weighted by Crippen LogP contribution is 2.66. The topological polar surface area (TPSA) is 131 Å². The molecule has 5 amide bonds. The first kappa shape index (κ1) is 31.7. The molecule has 4 aliphatic rings. The van der Waals surface area contributed by atoms with Crippen molar-refractivity contribution >= 4 is 58.6 Å². The molecule has 2 aliphatic carbocycles. The van der Waals surface area contributed by atoms with Crippen LogP contribution in [0.4, 0.5) is 32.4 Å². The molecule has 0 spiro atoms. The zero-order valence-electron chi connectivity index (χ0n) is 23.4. The van der Waals surface area contributed by atoms with Gasteiger partial charge in [0.1, 0.15) is 5.69 Å². The van der Waals surface area contributed by atoms with Crippen molar-refractivity contribution in [1.29, 1.82) is 0 Å². The molecular weight excluding hydrogens is 670 g/mol. The third-order valence-electron chi connectivity index (χ3n) is 9.12. The first-order chi connectivity index (χ1) is 21.6. The molecule has 3 fully saturated rings. The monoisotopic (exact) mass is 688 g/mol. The summed E-state index contributed by atoms with van der Waals surface area (Å²) in [6.07, 6.45) is -0.757. The molecule has 2 aliphatic heterocycles. The van der Waals surface area contributed by atoms with E-state index < -0.39 is 104 Å². The van der Waals surface area contributed by atoms with Gasteiger partial charge in [0.15, 0.2) is 44.5 Å². The van der Waals surface area contributed by atoms with Crippen LogP contribution in [0.15, 0.2) is 29.8 Å². The molecule has 0 aromatic heterocycles. The van der Waals surface area contributed by atoms with Gasteiger partial charge >= 0.3 is 6.09 Å². The smallest absolute Gasteiger partial charge is 0.423 e.